The van der Waals surface area contributed by atoms with Gasteiger partial charge in [0.05, 0.1) is 23.3 Å². The van der Waals surface area contributed by atoms with Crippen LogP contribution in [0, 0.1) is 6.92 Å². The zero-order valence-corrected chi connectivity index (χ0v) is 13.8. The number of aromatic nitrogens is 2. The minimum atomic E-state index is 0.168. The van der Waals surface area contributed by atoms with E-state index >= 15 is 0 Å². The Hall–Kier alpha value is -3.47. The molecule has 0 bridgehead atoms. The Balaban J connectivity index is 1.70. The summed E-state index contributed by atoms with van der Waals surface area (Å²) in [5, 5.41) is 16.6. The third-order valence-electron chi connectivity index (χ3n) is 4.08. The van der Waals surface area contributed by atoms with Gasteiger partial charge in [-0.2, -0.15) is 5.10 Å². The fraction of sp³-hybridized carbons (Fsp3) is 0.0500. The molecule has 25 heavy (non-hydrogen) atoms. The number of hydrazine groups is 1. The van der Waals surface area contributed by atoms with Gasteiger partial charge in [0.15, 0.2) is 0 Å². The van der Waals surface area contributed by atoms with Crippen molar-refractivity contribution < 1.29 is 5.11 Å². The number of hydrogen-bond donors (Lipinski definition) is 2. The highest BCUT2D eigenvalue weighted by atomic mass is 16.3. The summed E-state index contributed by atoms with van der Waals surface area (Å²) < 4.78 is 1.80. The van der Waals surface area contributed by atoms with E-state index in [9.17, 15) is 5.11 Å². The lowest BCUT2D eigenvalue weighted by molar-refractivity contribution is 0.428. The largest absolute Gasteiger partial charge is 0.506 e. The maximum atomic E-state index is 10.4. The second kappa shape index (κ2) is 6.20. The predicted octanol–water partition coefficient (Wildman–Crippen LogP) is 3.95. The topological polar surface area (TPSA) is 53.3 Å². The number of para-hydroxylation sites is 1. The summed E-state index contributed by atoms with van der Waals surface area (Å²) >= 11 is 0. The van der Waals surface area contributed by atoms with Gasteiger partial charge >= 0.3 is 0 Å². The molecule has 0 fully saturated rings. The van der Waals surface area contributed by atoms with Gasteiger partial charge < -0.3 is 5.11 Å². The van der Waals surface area contributed by atoms with Gasteiger partial charge in [0.25, 0.3) is 0 Å². The first-order valence-corrected chi connectivity index (χ1v) is 8.06. The molecule has 0 radical (unpaired) electrons. The Bertz CT molecular complexity index is 939. The Morgan fingerprint density at radius 2 is 1.68 bits per heavy atom. The maximum Gasteiger partial charge on any atom is 0.144 e. The van der Waals surface area contributed by atoms with Crippen molar-refractivity contribution in [2.24, 2.45) is 0 Å². The van der Waals surface area contributed by atoms with Crippen molar-refractivity contribution in [1.82, 2.24) is 15.2 Å². The molecule has 2 aromatic carbocycles. The lowest BCUT2D eigenvalue weighted by Gasteiger charge is -2.28. The fourth-order valence-electron chi connectivity index (χ4n) is 2.76. The van der Waals surface area contributed by atoms with E-state index in [-0.39, 0.29) is 5.76 Å². The van der Waals surface area contributed by atoms with Crippen LogP contribution < -0.4 is 10.4 Å². The molecule has 1 aromatic heterocycles. The maximum absolute atomic E-state index is 10.4. The normalized spacial score (nSPS) is 13.9. The Kier molecular flexibility index (Phi) is 3.74. The molecule has 0 spiro atoms. The molecular formula is C20H18N4O. The van der Waals surface area contributed by atoms with Gasteiger partial charge in [-0.25, -0.2) is 4.68 Å². The lowest BCUT2D eigenvalue weighted by Crippen LogP contribution is -2.35. The molecule has 3 aromatic rings. The second-order valence-corrected chi connectivity index (χ2v) is 5.86. The Morgan fingerprint density at radius 3 is 2.44 bits per heavy atom. The van der Waals surface area contributed by atoms with Crippen LogP contribution in [0.4, 0.5) is 5.69 Å². The van der Waals surface area contributed by atoms with Gasteiger partial charge in [0, 0.05) is 12.3 Å². The molecule has 1 aliphatic rings. The molecule has 5 nitrogen and oxygen atoms in total. The predicted molar refractivity (Wildman–Crippen MR) is 99.0 cm³/mol. The van der Waals surface area contributed by atoms with Crippen molar-refractivity contribution in [2.75, 3.05) is 5.01 Å². The minimum absolute atomic E-state index is 0.168. The van der Waals surface area contributed by atoms with Crippen LogP contribution in [0.3, 0.4) is 0 Å². The van der Waals surface area contributed by atoms with Crippen LogP contribution in [0.2, 0.25) is 0 Å². The van der Waals surface area contributed by atoms with Gasteiger partial charge in [-0.1, -0.05) is 35.9 Å². The van der Waals surface area contributed by atoms with Crippen molar-refractivity contribution >= 4 is 11.4 Å². The highest BCUT2D eigenvalue weighted by molar-refractivity contribution is 5.71. The number of aryl methyl sites for hydroxylation is 1. The van der Waals surface area contributed by atoms with Crippen molar-refractivity contribution in [1.29, 1.82) is 0 Å². The van der Waals surface area contributed by atoms with E-state index in [0.717, 1.165) is 17.1 Å². The van der Waals surface area contributed by atoms with E-state index in [4.69, 9.17) is 0 Å². The van der Waals surface area contributed by atoms with Crippen LogP contribution in [0.1, 0.15) is 11.3 Å². The number of anilines is 1. The van der Waals surface area contributed by atoms with Crippen LogP contribution >= 0.6 is 0 Å². The van der Waals surface area contributed by atoms with E-state index in [1.807, 2.05) is 53.5 Å². The lowest BCUT2D eigenvalue weighted by atomic mass is 10.2. The first kappa shape index (κ1) is 15.1. The van der Waals surface area contributed by atoms with Crippen molar-refractivity contribution in [3.05, 3.63) is 96.2 Å². The second-order valence-electron chi connectivity index (χ2n) is 5.86. The average molecular weight is 330 g/mol. The number of nitrogens with zero attached hydrogens (tertiary/aromatic N) is 3. The quantitative estimate of drug-likeness (QED) is 0.763. The van der Waals surface area contributed by atoms with Gasteiger partial charge in [-0.15, -0.1) is 0 Å². The first-order chi connectivity index (χ1) is 12.2. The molecule has 1 aliphatic heterocycles. The molecule has 0 unspecified atom stereocenters. The summed E-state index contributed by atoms with van der Waals surface area (Å²) in [6.45, 7) is 2.05. The van der Waals surface area contributed by atoms with Crippen molar-refractivity contribution in [3.8, 4) is 5.69 Å². The summed E-state index contributed by atoms with van der Waals surface area (Å²) in [6.07, 6.45) is 5.19. The molecular weight excluding hydrogens is 312 g/mol. The summed E-state index contributed by atoms with van der Waals surface area (Å²) in [5.41, 5.74) is 7.77. The Labute approximate surface area is 146 Å². The summed E-state index contributed by atoms with van der Waals surface area (Å²) in [7, 11) is 0. The molecule has 0 aliphatic carbocycles. The zero-order chi connectivity index (χ0) is 17.2. The number of hydrogen-bond acceptors (Lipinski definition) is 4. The number of benzene rings is 2. The third-order valence-corrected chi connectivity index (χ3v) is 4.08. The number of aliphatic hydroxyl groups excluding tert-OH is 1. The molecule has 0 saturated carbocycles. The van der Waals surface area contributed by atoms with Gasteiger partial charge in [0.1, 0.15) is 11.5 Å². The summed E-state index contributed by atoms with van der Waals surface area (Å²) in [5.74, 6) is 0.168. The highest BCUT2D eigenvalue weighted by Crippen LogP contribution is 2.25. The van der Waals surface area contributed by atoms with Gasteiger partial charge in [0.2, 0.25) is 0 Å². The number of nitrogens with one attached hydrogen (secondary N) is 1. The molecule has 0 atom stereocenters. The van der Waals surface area contributed by atoms with E-state index < -0.39 is 0 Å². The average Bonchev–Trinajstić information content (AvgIpc) is 3.13. The summed E-state index contributed by atoms with van der Waals surface area (Å²) in [4.78, 5) is 0. The molecule has 124 valence electrons. The first-order valence-electron chi connectivity index (χ1n) is 8.06. The van der Waals surface area contributed by atoms with Crippen LogP contribution in [0.15, 0.2) is 84.9 Å². The molecule has 0 saturated heterocycles. The van der Waals surface area contributed by atoms with E-state index in [0.29, 0.717) is 5.70 Å². The molecule has 2 heterocycles. The smallest absolute Gasteiger partial charge is 0.144 e. The SMILES string of the molecule is Cc1ccc(N2C=CC(O)=C(c3ccnn3-c3ccccc3)N2)cc1. The highest BCUT2D eigenvalue weighted by Gasteiger charge is 2.19. The number of allylic oxidation sites excluding steroid dienone is 1. The van der Waals surface area contributed by atoms with Crippen LogP contribution in [-0.4, -0.2) is 14.9 Å². The molecule has 5 heteroatoms. The molecule has 4 rings (SSSR count). The van der Waals surface area contributed by atoms with Gasteiger partial charge in [-0.05, 0) is 37.3 Å². The van der Waals surface area contributed by atoms with Crippen LogP contribution in [0.25, 0.3) is 11.4 Å². The molecule has 2 N–H and O–H groups in total. The standard InChI is InChI=1S/C20H18N4O/c1-15-7-9-16(10-8-15)23-14-12-19(25)20(22-23)18-11-13-21-24(18)17-5-3-2-4-6-17/h2-14,22,25H,1H3. The van der Waals surface area contributed by atoms with E-state index in [1.165, 1.54) is 5.56 Å². The number of aliphatic hydroxyl groups is 1. The summed E-state index contributed by atoms with van der Waals surface area (Å²) in [6, 6.07) is 19.9. The van der Waals surface area contributed by atoms with Crippen LogP contribution in [-0.2, 0) is 0 Å². The molecule has 0 amide bonds. The van der Waals surface area contributed by atoms with E-state index in [2.05, 4.69) is 29.6 Å². The monoisotopic (exact) mass is 330 g/mol. The Morgan fingerprint density at radius 1 is 0.920 bits per heavy atom. The zero-order valence-electron chi connectivity index (χ0n) is 13.8. The fourth-order valence-corrected chi connectivity index (χ4v) is 2.76. The van der Waals surface area contributed by atoms with Crippen molar-refractivity contribution in [3.63, 3.8) is 0 Å². The van der Waals surface area contributed by atoms with Crippen LogP contribution in [0.5, 0.6) is 0 Å². The minimum Gasteiger partial charge on any atom is -0.506 e. The van der Waals surface area contributed by atoms with Gasteiger partial charge in [-0.3, -0.25) is 10.4 Å². The number of rotatable bonds is 3. The van der Waals surface area contributed by atoms with E-state index in [1.54, 1.807) is 23.2 Å². The third kappa shape index (κ3) is 2.87. The van der Waals surface area contributed by atoms with Crippen molar-refractivity contribution in [2.45, 2.75) is 6.92 Å².